The van der Waals surface area contributed by atoms with Gasteiger partial charge in [0.05, 0.1) is 26.0 Å². The fourth-order valence-electron chi connectivity index (χ4n) is 3.64. The second-order valence-electron chi connectivity index (χ2n) is 7.73. The second-order valence-corrected chi connectivity index (χ2v) is 9.79. The van der Waals surface area contributed by atoms with Gasteiger partial charge >= 0.3 is 5.97 Å². The lowest BCUT2D eigenvalue weighted by atomic mass is 10.1. The Morgan fingerprint density at radius 1 is 0.743 bits per heavy atom. The number of esters is 1. The summed E-state index contributed by atoms with van der Waals surface area (Å²) in [4.78, 5) is 26.1. The fraction of sp³-hybridized carbons (Fsp3) is 0. The zero-order valence-corrected chi connectivity index (χ0v) is 19.9. The molecule has 0 saturated carbocycles. The van der Waals surface area contributed by atoms with Crippen LogP contribution >= 0.6 is 22.7 Å². The van der Waals surface area contributed by atoms with Gasteiger partial charge in [0.2, 0.25) is 0 Å². The van der Waals surface area contributed by atoms with E-state index in [-0.39, 0.29) is 0 Å². The van der Waals surface area contributed by atoms with Gasteiger partial charge in [0.25, 0.3) is 0 Å². The van der Waals surface area contributed by atoms with E-state index in [1.807, 2.05) is 48.5 Å². The van der Waals surface area contributed by atoms with Gasteiger partial charge in [0.1, 0.15) is 15.8 Å². The van der Waals surface area contributed by atoms with Gasteiger partial charge in [-0.25, -0.2) is 14.8 Å². The summed E-state index contributed by atoms with van der Waals surface area (Å²) < 4.78 is 7.75. The number of benzene rings is 3. The Kier molecular flexibility index (Phi) is 5.62. The summed E-state index contributed by atoms with van der Waals surface area (Å²) in [5.41, 5.74) is 4.27. The topological polar surface area (TPSA) is 65.0 Å². The van der Waals surface area contributed by atoms with Crippen molar-refractivity contribution in [1.82, 2.24) is 15.0 Å². The highest BCUT2D eigenvalue weighted by molar-refractivity contribution is 7.22. The van der Waals surface area contributed by atoms with E-state index < -0.39 is 5.97 Å². The molecule has 0 amide bonds. The van der Waals surface area contributed by atoms with Crippen LogP contribution in [0.1, 0.15) is 25.9 Å². The molecule has 6 rings (SSSR count). The maximum atomic E-state index is 12.3. The molecular formula is C28H17N3O2S2. The number of para-hydroxylation sites is 2. The predicted molar refractivity (Wildman–Crippen MR) is 142 cm³/mol. The van der Waals surface area contributed by atoms with Gasteiger partial charge < -0.3 is 4.74 Å². The van der Waals surface area contributed by atoms with Crippen LogP contribution in [0.4, 0.5) is 0 Å². The molecule has 0 spiro atoms. The standard InChI is InChI=1S/C28H17N3O2S2/c32-28(19-6-5-15-29-17-19)33-20-13-11-18(12-14-20)16-21(26-30-22-7-1-3-9-24(22)34-26)27-31-23-8-2-4-10-25(23)35-27/h1-17H. The Bertz CT molecular complexity index is 1540. The second kappa shape index (κ2) is 9.21. The van der Waals surface area contributed by atoms with Gasteiger partial charge in [-0.2, -0.15) is 0 Å². The third kappa shape index (κ3) is 4.47. The Labute approximate surface area is 209 Å². The number of nitrogens with zero attached hydrogens (tertiary/aromatic N) is 3. The van der Waals surface area contributed by atoms with Crippen molar-refractivity contribution in [2.75, 3.05) is 0 Å². The number of ether oxygens (including phenoxy) is 1. The molecule has 168 valence electrons. The molecule has 6 aromatic rings. The van der Waals surface area contributed by atoms with Gasteiger partial charge in [0, 0.05) is 18.0 Å². The molecular weight excluding hydrogens is 474 g/mol. The molecule has 0 fully saturated rings. The van der Waals surface area contributed by atoms with E-state index in [0.717, 1.165) is 41.6 Å². The van der Waals surface area contributed by atoms with Gasteiger partial charge in [-0.3, -0.25) is 4.98 Å². The lowest BCUT2D eigenvalue weighted by Crippen LogP contribution is -2.08. The number of hydrogen-bond acceptors (Lipinski definition) is 7. The summed E-state index contributed by atoms with van der Waals surface area (Å²) in [6.07, 6.45) is 5.19. The molecule has 0 radical (unpaired) electrons. The molecule has 0 aliphatic carbocycles. The first-order valence-corrected chi connectivity index (χ1v) is 12.5. The number of fused-ring (bicyclic) bond motifs is 2. The average Bonchev–Trinajstić information content (AvgIpc) is 3.53. The Morgan fingerprint density at radius 3 is 1.94 bits per heavy atom. The Balaban J connectivity index is 1.37. The number of aromatic nitrogens is 3. The van der Waals surface area contributed by atoms with Crippen molar-refractivity contribution < 1.29 is 9.53 Å². The average molecular weight is 492 g/mol. The number of carbonyl (C=O) groups is 1. The molecule has 0 bridgehead atoms. The molecule has 0 saturated heterocycles. The number of thiazole rings is 2. The molecule has 3 heterocycles. The summed E-state index contributed by atoms with van der Waals surface area (Å²) in [6, 6.07) is 27.1. The molecule has 3 aromatic carbocycles. The van der Waals surface area contributed by atoms with Gasteiger partial charge in [-0.15, -0.1) is 22.7 Å². The van der Waals surface area contributed by atoms with Crippen LogP contribution in [-0.4, -0.2) is 20.9 Å². The number of pyridine rings is 1. The zero-order chi connectivity index (χ0) is 23.6. The van der Waals surface area contributed by atoms with E-state index in [4.69, 9.17) is 14.7 Å². The number of rotatable bonds is 5. The van der Waals surface area contributed by atoms with Crippen LogP contribution < -0.4 is 4.74 Å². The van der Waals surface area contributed by atoms with Gasteiger partial charge in [-0.1, -0.05) is 36.4 Å². The van der Waals surface area contributed by atoms with Gasteiger partial charge in [-0.05, 0) is 60.2 Å². The third-order valence-electron chi connectivity index (χ3n) is 5.35. The first-order chi connectivity index (χ1) is 17.2. The minimum atomic E-state index is -0.439. The number of hydrogen-bond donors (Lipinski definition) is 0. The molecule has 7 heteroatoms. The van der Waals surface area contributed by atoms with E-state index in [1.165, 1.54) is 6.20 Å². The van der Waals surface area contributed by atoms with Crippen LogP contribution in [0.25, 0.3) is 32.1 Å². The van der Waals surface area contributed by atoms with Crippen molar-refractivity contribution in [3.63, 3.8) is 0 Å². The lowest BCUT2D eigenvalue weighted by Gasteiger charge is -2.05. The summed E-state index contributed by atoms with van der Waals surface area (Å²) in [5, 5.41) is 1.83. The van der Waals surface area contributed by atoms with Gasteiger partial charge in [0.15, 0.2) is 0 Å². The highest BCUT2D eigenvalue weighted by atomic mass is 32.1. The molecule has 0 unspecified atom stereocenters. The zero-order valence-electron chi connectivity index (χ0n) is 18.3. The van der Waals surface area contributed by atoms with Crippen LogP contribution in [0.2, 0.25) is 0 Å². The largest absolute Gasteiger partial charge is 0.423 e. The van der Waals surface area contributed by atoms with Crippen molar-refractivity contribution in [2.24, 2.45) is 0 Å². The summed E-state index contributed by atoms with van der Waals surface area (Å²) >= 11 is 3.30. The summed E-state index contributed by atoms with van der Waals surface area (Å²) in [5.74, 6) is 0.0311. The maximum Gasteiger partial charge on any atom is 0.345 e. The Hall–Kier alpha value is -4.20. The Morgan fingerprint density at radius 2 is 1.37 bits per heavy atom. The third-order valence-corrected chi connectivity index (χ3v) is 7.49. The maximum absolute atomic E-state index is 12.3. The summed E-state index contributed by atoms with van der Waals surface area (Å²) in [7, 11) is 0. The van der Waals surface area contributed by atoms with Crippen molar-refractivity contribution in [3.05, 3.63) is 118 Å². The van der Waals surface area contributed by atoms with E-state index in [9.17, 15) is 4.79 Å². The first-order valence-electron chi connectivity index (χ1n) is 10.9. The molecule has 5 nitrogen and oxygen atoms in total. The highest BCUT2D eigenvalue weighted by Gasteiger charge is 2.16. The predicted octanol–water partition coefficient (Wildman–Crippen LogP) is 7.11. The molecule has 3 aromatic heterocycles. The molecule has 0 N–H and O–H groups in total. The molecule has 0 aliphatic heterocycles. The van der Waals surface area contributed by atoms with Crippen molar-refractivity contribution in [3.8, 4) is 5.75 Å². The normalized spacial score (nSPS) is 11.0. The van der Waals surface area contributed by atoms with Crippen LogP contribution in [0.3, 0.4) is 0 Å². The van der Waals surface area contributed by atoms with E-state index in [1.54, 1.807) is 53.1 Å². The summed E-state index contributed by atoms with van der Waals surface area (Å²) in [6.45, 7) is 0. The van der Waals surface area contributed by atoms with Crippen LogP contribution in [0, 0.1) is 0 Å². The van der Waals surface area contributed by atoms with Crippen LogP contribution in [0.15, 0.2) is 97.3 Å². The SMILES string of the molecule is O=C(Oc1ccc(C=C(c2nc3ccccc3s2)c2nc3ccccc3s2)cc1)c1cccnc1. The van der Waals surface area contributed by atoms with Crippen LogP contribution in [0.5, 0.6) is 5.75 Å². The van der Waals surface area contributed by atoms with E-state index in [0.29, 0.717) is 11.3 Å². The fourth-order valence-corrected chi connectivity index (χ4v) is 5.67. The van der Waals surface area contributed by atoms with E-state index in [2.05, 4.69) is 23.2 Å². The first kappa shape index (κ1) is 21.3. The molecule has 0 atom stereocenters. The van der Waals surface area contributed by atoms with Crippen LogP contribution in [-0.2, 0) is 0 Å². The lowest BCUT2D eigenvalue weighted by molar-refractivity contribution is 0.0734. The van der Waals surface area contributed by atoms with E-state index >= 15 is 0 Å². The molecule has 0 aliphatic rings. The minimum Gasteiger partial charge on any atom is -0.423 e. The quantitative estimate of drug-likeness (QED) is 0.190. The number of carbonyl (C=O) groups excluding carboxylic acids is 1. The smallest absolute Gasteiger partial charge is 0.345 e. The van der Waals surface area contributed by atoms with Crippen molar-refractivity contribution in [2.45, 2.75) is 0 Å². The molecule has 35 heavy (non-hydrogen) atoms. The highest BCUT2D eigenvalue weighted by Crippen LogP contribution is 2.36. The monoisotopic (exact) mass is 491 g/mol. The van der Waals surface area contributed by atoms with Crippen molar-refractivity contribution in [1.29, 1.82) is 0 Å². The van der Waals surface area contributed by atoms with Crippen molar-refractivity contribution >= 4 is 60.7 Å². The minimum absolute atomic E-state index is 0.408.